The van der Waals surface area contributed by atoms with Crippen LogP contribution in [0.2, 0.25) is 0 Å². The van der Waals surface area contributed by atoms with Crippen LogP contribution in [0, 0.1) is 46.3 Å². The highest BCUT2D eigenvalue weighted by atomic mass is 32.1. The fraction of sp³-hybridized carbons (Fsp3) is 0.913. The molecule has 0 aromatic rings. The van der Waals surface area contributed by atoms with Crippen LogP contribution in [0.4, 0.5) is 0 Å². The van der Waals surface area contributed by atoms with E-state index in [1.807, 2.05) is 5.57 Å². The summed E-state index contributed by atoms with van der Waals surface area (Å²) in [5, 5.41) is 0.766. The van der Waals surface area contributed by atoms with Gasteiger partial charge < -0.3 is 0 Å². The number of allylic oxidation sites excluding steroid dienone is 2. The second-order valence-electron chi connectivity index (χ2n) is 10.6. The van der Waals surface area contributed by atoms with Crippen molar-refractivity contribution in [2.24, 2.45) is 46.3 Å². The predicted octanol–water partition coefficient (Wildman–Crippen LogP) is 6.27. The van der Waals surface area contributed by atoms with Gasteiger partial charge >= 0.3 is 0 Å². The summed E-state index contributed by atoms with van der Waals surface area (Å²) in [5.41, 5.74) is 3.50. The quantitative estimate of drug-likeness (QED) is 0.453. The van der Waals surface area contributed by atoms with E-state index >= 15 is 0 Å². The molecule has 6 aliphatic rings. The van der Waals surface area contributed by atoms with Gasteiger partial charge in [-0.3, -0.25) is 0 Å². The van der Waals surface area contributed by atoms with E-state index in [-0.39, 0.29) is 0 Å². The zero-order valence-electron chi connectivity index (χ0n) is 15.3. The zero-order chi connectivity index (χ0) is 16.1. The van der Waals surface area contributed by atoms with Gasteiger partial charge in [-0.25, -0.2) is 0 Å². The van der Waals surface area contributed by atoms with E-state index in [0.717, 1.165) is 51.6 Å². The van der Waals surface area contributed by atoms with Crippen molar-refractivity contribution in [3.63, 3.8) is 0 Å². The van der Waals surface area contributed by atoms with E-state index in [9.17, 15) is 0 Å². The molecular formula is C23H34S. The summed E-state index contributed by atoms with van der Waals surface area (Å²) < 4.78 is 0. The van der Waals surface area contributed by atoms with Crippen LogP contribution in [0.1, 0.15) is 77.6 Å². The Bertz CT molecular complexity index is 581. The smallest absolute Gasteiger partial charge is 0.00514 e. The van der Waals surface area contributed by atoms with Crippen molar-refractivity contribution in [2.75, 3.05) is 0 Å². The molecule has 0 radical (unpaired) electrons. The van der Waals surface area contributed by atoms with Crippen LogP contribution >= 0.6 is 12.6 Å². The Kier molecular flexibility index (Phi) is 3.08. The molecule has 5 saturated carbocycles. The molecule has 1 heteroatoms. The molecule has 0 nitrogen and oxygen atoms in total. The third kappa shape index (κ3) is 1.89. The van der Waals surface area contributed by atoms with Crippen molar-refractivity contribution in [1.82, 2.24) is 0 Å². The minimum Gasteiger partial charge on any atom is -0.176 e. The van der Waals surface area contributed by atoms with Crippen molar-refractivity contribution in [2.45, 2.75) is 82.8 Å². The minimum atomic E-state index is 0.766. The molecule has 7 atom stereocenters. The third-order valence-electron chi connectivity index (χ3n) is 9.88. The number of hydrogen-bond acceptors (Lipinski definition) is 1. The molecule has 0 amide bonds. The summed E-state index contributed by atoms with van der Waals surface area (Å²) in [4.78, 5) is 0. The zero-order valence-corrected chi connectivity index (χ0v) is 16.2. The van der Waals surface area contributed by atoms with Crippen LogP contribution in [-0.4, -0.2) is 5.25 Å². The first kappa shape index (κ1) is 15.2. The summed E-state index contributed by atoms with van der Waals surface area (Å²) in [6, 6.07) is 0. The van der Waals surface area contributed by atoms with Crippen molar-refractivity contribution < 1.29 is 0 Å². The summed E-state index contributed by atoms with van der Waals surface area (Å²) in [6.07, 6.45) is 19.5. The van der Waals surface area contributed by atoms with Gasteiger partial charge in [-0.15, -0.1) is 0 Å². The molecule has 0 aromatic carbocycles. The van der Waals surface area contributed by atoms with Gasteiger partial charge in [0.1, 0.15) is 0 Å². The molecule has 0 heterocycles. The maximum Gasteiger partial charge on any atom is 0.00514 e. The SMILES string of the molecule is CC1CCC=C1C1CCC(C2CCC(C3CC3S)C23CC3)C12CC2. The molecule has 7 unspecified atom stereocenters. The first-order valence-electron chi connectivity index (χ1n) is 11.0. The minimum absolute atomic E-state index is 0.766. The molecule has 0 N–H and O–H groups in total. The lowest BCUT2D eigenvalue weighted by Gasteiger charge is -2.36. The predicted molar refractivity (Wildman–Crippen MR) is 103 cm³/mol. The molecule has 0 aliphatic heterocycles. The topological polar surface area (TPSA) is 0 Å². The largest absolute Gasteiger partial charge is 0.176 e. The molecular weight excluding hydrogens is 308 g/mol. The fourth-order valence-electron chi connectivity index (χ4n) is 8.47. The summed E-state index contributed by atoms with van der Waals surface area (Å²) in [6.45, 7) is 2.51. The van der Waals surface area contributed by atoms with E-state index in [4.69, 9.17) is 12.6 Å². The summed E-state index contributed by atoms with van der Waals surface area (Å²) in [5.74, 6) is 6.17. The average Bonchev–Trinajstić information content (AvgIpc) is 3.47. The lowest BCUT2D eigenvalue weighted by molar-refractivity contribution is 0.136. The lowest BCUT2D eigenvalue weighted by atomic mass is 9.69. The van der Waals surface area contributed by atoms with Gasteiger partial charge in [0.05, 0.1) is 0 Å². The highest BCUT2D eigenvalue weighted by Crippen LogP contribution is 2.78. The van der Waals surface area contributed by atoms with Gasteiger partial charge in [-0.2, -0.15) is 12.6 Å². The van der Waals surface area contributed by atoms with E-state index in [0.29, 0.717) is 0 Å². The molecule has 5 fully saturated rings. The Hall–Kier alpha value is 0.0900. The summed E-state index contributed by atoms with van der Waals surface area (Å²) in [7, 11) is 0. The standard InChI is InChI=1S/C23H34S/c1-14-3-2-4-15(14)17-5-7-19(22(17)9-10-22)20-8-6-18(16-13-21(16)24)23(20)11-12-23/h4,14,16-21,24H,2-3,5-13H2,1H3. The maximum atomic E-state index is 4.81. The summed E-state index contributed by atoms with van der Waals surface area (Å²) >= 11 is 4.81. The highest BCUT2D eigenvalue weighted by Gasteiger charge is 2.69. The monoisotopic (exact) mass is 342 g/mol. The van der Waals surface area contributed by atoms with Gasteiger partial charge in [0.15, 0.2) is 0 Å². The third-order valence-corrected chi connectivity index (χ3v) is 10.5. The second kappa shape index (κ2) is 4.87. The molecule has 0 saturated heterocycles. The van der Waals surface area contributed by atoms with Gasteiger partial charge in [0.25, 0.3) is 0 Å². The molecule has 2 spiro atoms. The van der Waals surface area contributed by atoms with E-state index in [1.165, 1.54) is 25.7 Å². The van der Waals surface area contributed by atoms with Crippen LogP contribution in [0.25, 0.3) is 0 Å². The lowest BCUT2D eigenvalue weighted by Crippen LogP contribution is -2.30. The maximum absolute atomic E-state index is 4.81. The van der Waals surface area contributed by atoms with Crippen LogP contribution in [0.5, 0.6) is 0 Å². The van der Waals surface area contributed by atoms with Crippen LogP contribution in [0.15, 0.2) is 11.6 Å². The Labute approximate surface area is 153 Å². The molecule has 0 aromatic heterocycles. The van der Waals surface area contributed by atoms with Crippen molar-refractivity contribution in [3.05, 3.63) is 11.6 Å². The van der Waals surface area contributed by atoms with E-state index < -0.39 is 0 Å². The first-order chi connectivity index (χ1) is 11.7. The molecule has 6 aliphatic carbocycles. The molecule has 132 valence electrons. The van der Waals surface area contributed by atoms with Gasteiger partial charge in [0, 0.05) is 5.25 Å². The van der Waals surface area contributed by atoms with Gasteiger partial charge in [-0.1, -0.05) is 18.6 Å². The van der Waals surface area contributed by atoms with E-state index in [1.54, 1.807) is 44.9 Å². The number of rotatable bonds is 3. The molecule has 6 rings (SSSR count). The van der Waals surface area contributed by atoms with Crippen molar-refractivity contribution in [1.29, 1.82) is 0 Å². The second-order valence-corrected chi connectivity index (χ2v) is 11.3. The van der Waals surface area contributed by atoms with Crippen molar-refractivity contribution in [3.8, 4) is 0 Å². The Morgan fingerprint density at radius 3 is 2.08 bits per heavy atom. The van der Waals surface area contributed by atoms with Crippen LogP contribution < -0.4 is 0 Å². The Morgan fingerprint density at radius 1 is 0.875 bits per heavy atom. The Morgan fingerprint density at radius 2 is 1.50 bits per heavy atom. The van der Waals surface area contributed by atoms with Gasteiger partial charge in [-0.05, 0) is 117 Å². The highest BCUT2D eigenvalue weighted by molar-refractivity contribution is 7.81. The van der Waals surface area contributed by atoms with Gasteiger partial charge in [0.2, 0.25) is 0 Å². The number of thiol groups is 1. The van der Waals surface area contributed by atoms with E-state index in [2.05, 4.69) is 13.0 Å². The molecule has 24 heavy (non-hydrogen) atoms. The average molecular weight is 343 g/mol. The Balaban J connectivity index is 1.27. The van der Waals surface area contributed by atoms with Crippen molar-refractivity contribution >= 4 is 12.6 Å². The fourth-order valence-corrected chi connectivity index (χ4v) is 8.92. The molecule has 0 bridgehead atoms. The van der Waals surface area contributed by atoms with Crippen LogP contribution in [-0.2, 0) is 0 Å². The normalized spacial score (nSPS) is 52.9. The van der Waals surface area contributed by atoms with Crippen LogP contribution in [0.3, 0.4) is 0 Å². The first-order valence-corrected chi connectivity index (χ1v) is 11.6. The number of hydrogen-bond donors (Lipinski definition) is 1.